The highest BCUT2D eigenvalue weighted by molar-refractivity contribution is 6.30. The number of nitrogens with one attached hydrogen (secondary N) is 1. The summed E-state index contributed by atoms with van der Waals surface area (Å²) in [6, 6.07) is 9.58. The fourth-order valence-electron chi connectivity index (χ4n) is 3.52. The second-order valence-electron chi connectivity index (χ2n) is 7.30. The molecule has 8 nitrogen and oxygen atoms in total. The fraction of sp³-hybridized carbons (Fsp3) is 0.238. The molecule has 0 aromatic carbocycles. The van der Waals surface area contributed by atoms with Crippen LogP contribution < -0.4 is 10.2 Å². The lowest BCUT2D eigenvalue weighted by atomic mass is 10.3. The highest BCUT2D eigenvalue weighted by Gasteiger charge is 2.15. The zero-order chi connectivity index (χ0) is 20.5. The molecule has 4 aromatic rings. The maximum absolute atomic E-state index is 6.14. The Morgan fingerprint density at radius 2 is 1.80 bits per heavy atom. The van der Waals surface area contributed by atoms with E-state index in [4.69, 9.17) is 11.6 Å². The van der Waals surface area contributed by atoms with E-state index >= 15 is 0 Å². The van der Waals surface area contributed by atoms with Crippen molar-refractivity contribution in [3.05, 3.63) is 60.1 Å². The summed E-state index contributed by atoms with van der Waals surface area (Å²) in [6.45, 7) is 4.09. The average Bonchev–Trinajstić information content (AvgIpc) is 3.18. The van der Waals surface area contributed by atoms with Gasteiger partial charge in [-0.15, -0.1) is 0 Å². The number of hydrogen-bond donors (Lipinski definition) is 1. The standard InChI is InChI=1S/C21H21ClN8/c1-28-8-10-29(11-9-28)19-5-3-16(12-24-19)26-21-23-7-6-17(27-21)18-13-25-20-4-2-15(22)14-30(18)20/h2-7,12-14H,8-11H2,1H3,(H,23,26,27). The molecule has 1 saturated heterocycles. The molecule has 4 aromatic heterocycles. The maximum Gasteiger partial charge on any atom is 0.227 e. The van der Waals surface area contributed by atoms with E-state index in [9.17, 15) is 0 Å². The van der Waals surface area contributed by atoms with Crippen molar-refractivity contribution < 1.29 is 0 Å². The van der Waals surface area contributed by atoms with E-state index in [1.807, 2.05) is 47.1 Å². The molecular formula is C21H21ClN8. The van der Waals surface area contributed by atoms with Crippen LogP contribution in [-0.4, -0.2) is 62.5 Å². The van der Waals surface area contributed by atoms with Crippen LogP contribution in [-0.2, 0) is 0 Å². The highest BCUT2D eigenvalue weighted by Crippen LogP contribution is 2.23. The first-order chi connectivity index (χ1) is 14.7. The fourth-order valence-corrected chi connectivity index (χ4v) is 3.68. The smallest absolute Gasteiger partial charge is 0.227 e. The molecule has 0 unspecified atom stereocenters. The van der Waals surface area contributed by atoms with Crippen molar-refractivity contribution in [3.63, 3.8) is 0 Å². The first-order valence-corrected chi connectivity index (χ1v) is 10.2. The zero-order valence-corrected chi connectivity index (χ0v) is 17.3. The van der Waals surface area contributed by atoms with E-state index in [-0.39, 0.29) is 0 Å². The van der Waals surface area contributed by atoms with E-state index in [0.29, 0.717) is 11.0 Å². The minimum Gasteiger partial charge on any atom is -0.354 e. The predicted molar refractivity (Wildman–Crippen MR) is 118 cm³/mol. The molecule has 152 valence electrons. The van der Waals surface area contributed by atoms with Gasteiger partial charge in [-0.2, -0.15) is 0 Å². The number of likely N-dealkylation sites (N-methyl/N-ethyl adjacent to an activating group) is 1. The molecule has 1 aliphatic rings. The molecule has 5 heterocycles. The van der Waals surface area contributed by atoms with Crippen LogP contribution in [0.25, 0.3) is 17.0 Å². The SMILES string of the molecule is CN1CCN(c2ccc(Nc3nccc(-c4cnc5ccc(Cl)cn45)n3)cn2)CC1. The van der Waals surface area contributed by atoms with Gasteiger partial charge in [-0.25, -0.2) is 19.9 Å². The number of piperazine rings is 1. The Balaban J connectivity index is 1.35. The number of halogens is 1. The van der Waals surface area contributed by atoms with Gasteiger partial charge in [0.1, 0.15) is 11.5 Å². The van der Waals surface area contributed by atoms with Crippen LogP contribution in [0, 0.1) is 0 Å². The third-order valence-electron chi connectivity index (χ3n) is 5.22. The summed E-state index contributed by atoms with van der Waals surface area (Å²) < 4.78 is 1.92. The number of hydrogen-bond acceptors (Lipinski definition) is 7. The number of pyridine rings is 2. The monoisotopic (exact) mass is 420 g/mol. The van der Waals surface area contributed by atoms with Crippen molar-refractivity contribution in [2.45, 2.75) is 0 Å². The molecule has 9 heteroatoms. The summed E-state index contributed by atoms with van der Waals surface area (Å²) in [7, 11) is 2.15. The van der Waals surface area contributed by atoms with E-state index in [1.54, 1.807) is 12.4 Å². The van der Waals surface area contributed by atoms with Crippen LogP contribution in [0.5, 0.6) is 0 Å². The topological polar surface area (TPSA) is 74.5 Å². The summed E-state index contributed by atoms with van der Waals surface area (Å²) in [4.78, 5) is 22.6. The van der Waals surface area contributed by atoms with Gasteiger partial charge in [0.2, 0.25) is 5.95 Å². The normalized spacial score (nSPS) is 14.9. The summed E-state index contributed by atoms with van der Waals surface area (Å²) >= 11 is 6.14. The largest absolute Gasteiger partial charge is 0.354 e. The third-order valence-corrected chi connectivity index (χ3v) is 5.44. The van der Waals surface area contributed by atoms with Crippen LogP contribution in [0.3, 0.4) is 0 Å². The molecule has 0 bridgehead atoms. The van der Waals surface area contributed by atoms with Crippen molar-refractivity contribution in [2.24, 2.45) is 0 Å². The molecular weight excluding hydrogens is 400 g/mol. The van der Waals surface area contributed by atoms with Gasteiger partial charge in [-0.3, -0.25) is 4.40 Å². The van der Waals surface area contributed by atoms with Gasteiger partial charge < -0.3 is 15.1 Å². The summed E-state index contributed by atoms with van der Waals surface area (Å²) in [5, 5.41) is 3.88. The van der Waals surface area contributed by atoms with E-state index in [0.717, 1.165) is 54.7 Å². The molecule has 0 spiro atoms. The number of fused-ring (bicyclic) bond motifs is 1. The Labute approximate surface area is 179 Å². The molecule has 0 atom stereocenters. The Morgan fingerprint density at radius 3 is 2.60 bits per heavy atom. The molecule has 0 radical (unpaired) electrons. The zero-order valence-electron chi connectivity index (χ0n) is 16.5. The first kappa shape index (κ1) is 18.8. The number of rotatable bonds is 4. The van der Waals surface area contributed by atoms with Crippen molar-refractivity contribution in [2.75, 3.05) is 43.4 Å². The Bertz CT molecular complexity index is 1170. The van der Waals surface area contributed by atoms with Gasteiger partial charge in [0.25, 0.3) is 0 Å². The summed E-state index contributed by atoms with van der Waals surface area (Å²) in [6.07, 6.45) is 7.15. The van der Waals surface area contributed by atoms with Gasteiger partial charge in [-0.05, 0) is 37.4 Å². The second-order valence-corrected chi connectivity index (χ2v) is 7.74. The molecule has 1 aliphatic heterocycles. The average molecular weight is 421 g/mol. The minimum atomic E-state index is 0.499. The maximum atomic E-state index is 6.14. The second kappa shape index (κ2) is 7.89. The lowest BCUT2D eigenvalue weighted by molar-refractivity contribution is 0.312. The van der Waals surface area contributed by atoms with E-state index < -0.39 is 0 Å². The number of imidazole rings is 1. The predicted octanol–water partition coefficient (Wildman–Crippen LogP) is 3.34. The van der Waals surface area contributed by atoms with Crippen molar-refractivity contribution >= 4 is 34.7 Å². The van der Waals surface area contributed by atoms with Crippen molar-refractivity contribution in [1.82, 2.24) is 29.2 Å². The van der Waals surface area contributed by atoms with Gasteiger partial charge in [0, 0.05) is 38.6 Å². The molecule has 0 amide bonds. The summed E-state index contributed by atoms with van der Waals surface area (Å²) in [5.41, 5.74) is 3.25. The van der Waals surface area contributed by atoms with Crippen molar-refractivity contribution in [3.8, 4) is 11.4 Å². The van der Waals surface area contributed by atoms with Crippen LogP contribution in [0.4, 0.5) is 17.5 Å². The first-order valence-electron chi connectivity index (χ1n) is 9.78. The molecule has 30 heavy (non-hydrogen) atoms. The number of anilines is 3. The van der Waals surface area contributed by atoms with E-state index in [2.05, 4.69) is 42.1 Å². The van der Waals surface area contributed by atoms with Crippen LogP contribution in [0.15, 0.2) is 55.1 Å². The van der Waals surface area contributed by atoms with Crippen LogP contribution in [0.1, 0.15) is 0 Å². The molecule has 1 N–H and O–H groups in total. The summed E-state index contributed by atoms with van der Waals surface area (Å²) in [5.74, 6) is 1.49. The van der Waals surface area contributed by atoms with Gasteiger partial charge in [0.05, 0.1) is 34.5 Å². The lowest BCUT2D eigenvalue weighted by Gasteiger charge is -2.33. The number of aromatic nitrogens is 5. The number of nitrogens with zero attached hydrogens (tertiary/aromatic N) is 7. The van der Waals surface area contributed by atoms with Gasteiger partial charge in [-0.1, -0.05) is 11.6 Å². The molecule has 0 aliphatic carbocycles. The Hall–Kier alpha value is -3.23. The van der Waals surface area contributed by atoms with Crippen LogP contribution >= 0.6 is 11.6 Å². The molecule has 5 rings (SSSR count). The molecule has 1 fully saturated rings. The molecule has 0 saturated carbocycles. The van der Waals surface area contributed by atoms with Crippen molar-refractivity contribution in [1.29, 1.82) is 0 Å². The van der Waals surface area contributed by atoms with Gasteiger partial charge in [0.15, 0.2) is 0 Å². The third kappa shape index (κ3) is 3.79. The Morgan fingerprint density at radius 1 is 0.933 bits per heavy atom. The highest BCUT2D eigenvalue weighted by atomic mass is 35.5. The van der Waals surface area contributed by atoms with Crippen LogP contribution in [0.2, 0.25) is 5.02 Å². The van der Waals surface area contributed by atoms with E-state index in [1.165, 1.54) is 0 Å². The lowest BCUT2D eigenvalue weighted by Crippen LogP contribution is -2.44. The Kier molecular flexibility index (Phi) is 4.94. The minimum absolute atomic E-state index is 0.499. The van der Waals surface area contributed by atoms with Gasteiger partial charge >= 0.3 is 0 Å². The quantitative estimate of drug-likeness (QED) is 0.542.